The van der Waals surface area contributed by atoms with Gasteiger partial charge in [0.1, 0.15) is 23.7 Å². The van der Waals surface area contributed by atoms with Gasteiger partial charge in [-0.15, -0.1) is 0 Å². The van der Waals surface area contributed by atoms with Crippen LogP contribution in [0, 0.1) is 11.3 Å². The molecule has 1 heterocycles. The Morgan fingerprint density at radius 1 is 1.32 bits per heavy atom. The molecule has 96 valence electrons. The highest BCUT2D eigenvalue weighted by atomic mass is 16.5. The number of para-hydroxylation sites is 2. The number of nitriles is 1. The third-order valence-electron chi connectivity index (χ3n) is 2.34. The van der Waals surface area contributed by atoms with Crippen LogP contribution in [0.2, 0.25) is 0 Å². The smallest absolute Gasteiger partial charge is 0.151 e. The van der Waals surface area contributed by atoms with Crippen LogP contribution in [0.25, 0.3) is 0 Å². The van der Waals surface area contributed by atoms with Crippen LogP contribution in [-0.2, 0) is 0 Å². The summed E-state index contributed by atoms with van der Waals surface area (Å²) in [6.45, 7) is 3.92. The Balaban J connectivity index is 2.31. The number of hydrogen-bond acceptors (Lipinski definition) is 5. The maximum atomic E-state index is 9.01. The van der Waals surface area contributed by atoms with E-state index in [1.54, 1.807) is 0 Å². The van der Waals surface area contributed by atoms with Crippen LogP contribution in [-0.4, -0.2) is 16.1 Å². The average Bonchev–Trinajstić information content (AvgIpc) is 2.41. The summed E-state index contributed by atoms with van der Waals surface area (Å²) in [7, 11) is 0. The second kappa shape index (κ2) is 5.83. The predicted molar refractivity (Wildman–Crippen MR) is 72.2 cm³/mol. The monoisotopic (exact) mass is 254 g/mol. The number of ether oxygens (including phenoxy) is 1. The highest BCUT2D eigenvalue weighted by Crippen LogP contribution is 2.28. The van der Waals surface area contributed by atoms with Crippen LogP contribution in [0.5, 0.6) is 5.75 Å². The lowest BCUT2D eigenvalue weighted by atomic mass is 10.2. The van der Waals surface area contributed by atoms with Crippen molar-refractivity contribution in [2.75, 3.05) is 5.32 Å². The molecule has 0 saturated heterocycles. The minimum atomic E-state index is 0.0730. The van der Waals surface area contributed by atoms with Crippen molar-refractivity contribution in [2.24, 2.45) is 0 Å². The Bertz CT molecular complexity index is 604. The van der Waals surface area contributed by atoms with Gasteiger partial charge < -0.3 is 10.1 Å². The van der Waals surface area contributed by atoms with Crippen molar-refractivity contribution in [3.63, 3.8) is 0 Å². The molecular weight excluding hydrogens is 240 g/mol. The van der Waals surface area contributed by atoms with Gasteiger partial charge in [0.05, 0.1) is 18.0 Å². The van der Waals surface area contributed by atoms with Gasteiger partial charge in [-0.25, -0.2) is 9.97 Å². The quantitative estimate of drug-likeness (QED) is 0.908. The van der Waals surface area contributed by atoms with E-state index in [0.717, 1.165) is 11.4 Å². The topological polar surface area (TPSA) is 70.8 Å². The summed E-state index contributed by atoms with van der Waals surface area (Å²) in [5.41, 5.74) is 1.16. The molecule has 0 aliphatic carbocycles. The lowest BCUT2D eigenvalue weighted by molar-refractivity contribution is 0.244. The van der Waals surface area contributed by atoms with Gasteiger partial charge in [-0.1, -0.05) is 12.1 Å². The van der Waals surface area contributed by atoms with Gasteiger partial charge in [0.2, 0.25) is 0 Å². The number of nitrogens with zero attached hydrogens (tertiary/aromatic N) is 3. The molecule has 0 aliphatic rings. The SMILES string of the molecule is CC(C)Oc1ccccc1Nc1ncncc1C#N. The minimum Gasteiger partial charge on any atom is -0.489 e. The van der Waals surface area contributed by atoms with E-state index in [-0.39, 0.29) is 6.10 Å². The van der Waals surface area contributed by atoms with E-state index in [0.29, 0.717) is 11.4 Å². The van der Waals surface area contributed by atoms with Crippen molar-refractivity contribution in [3.05, 3.63) is 42.4 Å². The summed E-state index contributed by atoms with van der Waals surface area (Å²) in [5, 5.41) is 12.1. The summed E-state index contributed by atoms with van der Waals surface area (Å²) in [4.78, 5) is 7.89. The van der Waals surface area contributed by atoms with Crippen molar-refractivity contribution in [3.8, 4) is 11.8 Å². The second-order valence-electron chi connectivity index (χ2n) is 4.18. The first-order chi connectivity index (χ1) is 9.20. The molecule has 0 radical (unpaired) electrons. The van der Waals surface area contributed by atoms with Crippen LogP contribution in [0.15, 0.2) is 36.8 Å². The van der Waals surface area contributed by atoms with Gasteiger partial charge in [-0.3, -0.25) is 0 Å². The first kappa shape index (κ1) is 12.8. The van der Waals surface area contributed by atoms with E-state index >= 15 is 0 Å². The zero-order chi connectivity index (χ0) is 13.7. The standard InChI is InChI=1S/C14H14N4O/c1-10(2)19-13-6-4-3-5-12(13)18-14-11(7-15)8-16-9-17-14/h3-6,8-10H,1-2H3,(H,16,17,18). The van der Waals surface area contributed by atoms with E-state index in [1.165, 1.54) is 12.5 Å². The number of nitrogens with one attached hydrogen (secondary N) is 1. The van der Waals surface area contributed by atoms with Crippen LogP contribution in [0.1, 0.15) is 19.4 Å². The number of rotatable bonds is 4. The fraction of sp³-hybridized carbons (Fsp3) is 0.214. The molecule has 0 bridgehead atoms. The Labute approximate surface area is 111 Å². The summed E-state index contributed by atoms with van der Waals surface area (Å²) >= 11 is 0. The maximum absolute atomic E-state index is 9.01. The van der Waals surface area contributed by atoms with E-state index < -0.39 is 0 Å². The van der Waals surface area contributed by atoms with Crippen molar-refractivity contribution < 1.29 is 4.74 Å². The van der Waals surface area contributed by atoms with Gasteiger partial charge >= 0.3 is 0 Å². The van der Waals surface area contributed by atoms with Crippen LogP contribution in [0.3, 0.4) is 0 Å². The summed E-state index contributed by atoms with van der Waals surface area (Å²) in [6, 6.07) is 9.58. The number of aromatic nitrogens is 2. The first-order valence-corrected chi connectivity index (χ1v) is 5.93. The predicted octanol–water partition coefficient (Wildman–Crippen LogP) is 2.88. The number of anilines is 2. The molecule has 2 aromatic rings. The highest BCUT2D eigenvalue weighted by Gasteiger charge is 2.08. The third kappa shape index (κ3) is 3.19. The van der Waals surface area contributed by atoms with Gasteiger partial charge in [-0.2, -0.15) is 5.26 Å². The average molecular weight is 254 g/mol. The van der Waals surface area contributed by atoms with Crippen LogP contribution >= 0.6 is 0 Å². The Morgan fingerprint density at radius 2 is 2.11 bits per heavy atom. The molecule has 0 spiro atoms. The van der Waals surface area contributed by atoms with E-state index in [4.69, 9.17) is 10.00 Å². The fourth-order valence-corrected chi connectivity index (χ4v) is 1.57. The molecule has 1 aromatic carbocycles. The lowest BCUT2D eigenvalue weighted by Crippen LogP contribution is -2.08. The van der Waals surface area contributed by atoms with E-state index in [1.807, 2.05) is 44.2 Å². The first-order valence-electron chi connectivity index (χ1n) is 5.93. The summed E-state index contributed by atoms with van der Waals surface area (Å²) < 4.78 is 5.70. The molecule has 5 nitrogen and oxygen atoms in total. The van der Waals surface area contributed by atoms with Gasteiger partial charge in [0.25, 0.3) is 0 Å². The molecular formula is C14H14N4O. The molecule has 0 fully saturated rings. The van der Waals surface area contributed by atoms with Crippen molar-refractivity contribution in [2.45, 2.75) is 20.0 Å². The lowest BCUT2D eigenvalue weighted by Gasteiger charge is -2.15. The molecule has 0 unspecified atom stereocenters. The molecule has 0 atom stereocenters. The van der Waals surface area contributed by atoms with Gasteiger partial charge in [-0.05, 0) is 26.0 Å². The Morgan fingerprint density at radius 3 is 2.84 bits per heavy atom. The molecule has 2 rings (SSSR count). The van der Waals surface area contributed by atoms with Gasteiger partial charge in [0, 0.05) is 0 Å². The molecule has 0 aliphatic heterocycles. The zero-order valence-electron chi connectivity index (χ0n) is 10.8. The molecule has 0 amide bonds. The van der Waals surface area contributed by atoms with Crippen LogP contribution in [0.4, 0.5) is 11.5 Å². The highest BCUT2D eigenvalue weighted by molar-refractivity contribution is 5.67. The van der Waals surface area contributed by atoms with Crippen LogP contribution < -0.4 is 10.1 Å². The third-order valence-corrected chi connectivity index (χ3v) is 2.34. The minimum absolute atomic E-state index is 0.0730. The van der Waals surface area contributed by atoms with Crippen molar-refractivity contribution in [1.82, 2.24) is 9.97 Å². The normalized spacial score (nSPS) is 10.0. The molecule has 19 heavy (non-hydrogen) atoms. The van der Waals surface area contributed by atoms with E-state index in [9.17, 15) is 0 Å². The second-order valence-corrected chi connectivity index (χ2v) is 4.18. The fourth-order valence-electron chi connectivity index (χ4n) is 1.57. The largest absolute Gasteiger partial charge is 0.489 e. The van der Waals surface area contributed by atoms with Crippen molar-refractivity contribution >= 4 is 11.5 Å². The number of hydrogen-bond donors (Lipinski definition) is 1. The van der Waals surface area contributed by atoms with Gasteiger partial charge in [0.15, 0.2) is 5.82 Å². The molecule has 1 aromatic heterocycles. The van der Waals surface area contributed by atoms with E-state index in [2.05, 4.69) is 15.3 Å². The number of benzene rings is 1. The summed E-state index contributed by atoms with van der Waals surface area (Å²) in [5.74, 6) is 1.19. The summed E-state index contributed by atoms with van der Waals surface area (Å²) in [6.07, 6.45) is 2.94. The Hall–Kier alpha value is -2.61. The molecule has 0 saturated carbocycles. The zero-order valence-corrected chi connectivity index (χ0v) is 10.8. The van der Waals surface area contributed by atoms with Crippen molar-refractivity contribution in [1.29, 1.82) is 5.26 Å². The molecule has 5 heteroatoms. The Kier molecular flexibility index (Phi) is 3.94. The maximum Gasteiger partial charge on any atom is 0.151 e. The molecule has 1 N–H and O–H groups in total.